The number of aryl methyl sites for hydroxylation is 1. The minimum atomic E-state index is -0.800. The molecule has 0 spiro atoms. The lowest BCUT2D eigenvalue weighted by Gasteiger charge is -2.19. The maximum atomic E-state index is 15.0. The Kier molecular flexibility index (Phi) is 9.44. The maximum absolute atomic E-state index is 15.0. The van der Waals surface area contributed by atoms with Crippen molar-refractivity contribution < 1.29 is 13.2 Å². The summed E-state index contributed by atoms with van der Waals surface area (Å²) >= 11 is 0. The molecule has 0 heterocycles. The number of rotatable bonds is 11. The second kappa shape index (κ2) is 12.9. The minimum Gasteiger partial charge on any atom is -0.206 e. The van der Waals surface area contributed by atoms with Crippen LogP contribution in [0.15, 0.2) is 73.3 Å². The van der Waals surface area contributed by atoms with Crippen molar-refractivity contribution in [3.05, 3.63) is 102 Å². The highest BCUT2D eigenvalue weighted by Crippen LogP contribution is 2.34. The summed E-state index contributed by atoms with van der Waals surface area (Å²) in [6.07, 6.45) is 14.1. The maximum Gasteiger partial charge on any atom is 0.166 e. The quantitative estimate of drug-likeness (QED) is 0.181. The molecule has 37 heavy (non-hydrogen) atoms. The van der Waals surface area contributed by atoms with Crippen molar-refractivity contribution >= 4 is 5.57 Å². The summed E-state index contributed by atoms with van der Waals surface area (Å²) in [7, 11) is 0. The van der Waals surface area contributed by atoms with Gasteiger partial charge in [0.15, 0.2) is 11.6 Å². The first-order chi connectivity index (χ1) is 18.0. The Morgan fingerprint density at radius 3 is 2.14 bits per heavy atom. The Morgan fingerprint density at radius 2 is 1.46 bits per heavy atom. The zero-order chi connectivity index (χ0) is 26.2. The van der Waals surface area contributed by atoms with E-state index in [1.165, 1.54) is 19.3 Å². The standard InChI is InChI=1S/C34H37F3/c1-3-5-6-7-8-9-10-28-19-22-31(34(37)33(28)36)27-17-15-25(16-18-27)29-20-21-30(32(35)23-29)26-13-11-24(4-2)12-14-26/h4,13,15-24H,2-3,5-12,14H2,1H3. The molecule has 3 aromatic carbocycles. The van der Waals surface area contributed by atoms with Gasteiger partial charge >= 0.3 is 0 Å². The largest absolute Gasteiger partial charge is 0.206 e. The molecule has 0 saturated carbocycles. The molecular formula is C34H37F3. The van der Waals surface area contributed by atoms with Crippen LogP contribution in [-0.4, -0.2) is 0 Å². The average molecular weight is 503 g/mol. The van der Waals surface area contributed by atoms with E-state index in [2.05, 4.69) is 19.6 Å². The third-order valence-electron chi connectivity index (χ3n) is 7.59. The van der Waals surface area contributed by atoms with E-state index in [4.69, 9.17) is 0 Å². The SMILES string of the molecule is C=CC1CC=C(c2ccc(-c3ccc(-c4ccc(CCCCCCCC)c(F)c4F)cc3)cc2F)CC1. The van der Waals surface area contributed by atoms with Gasteiger partial charge in [-0.05, 0) is 71.9 Å². The van der Waals surface area contributed by atoms with Crippen LogP contribution in [0.5, 0.6) is 0 Å². The van der Waals surface area contributed by atoms with E-state index in [9.17, 15) is 13.2 Å². The van der Waals surface area contributed by atoms with Crippen LogP contribution in [-0.2, 0) is 6.42 Å². The molecule has 1 unspecified atom stereocenters. The van der Waals surface area contributed by atoms with Crippen LogP contribution in [0.25, 0.3) is 27.8 Å². The van der Waals surface area contributed by atoms with Crippen LogP contribution >= 0.6 is 0 Å². The molecule has 0 saturated heterocycles. The molecule has 1 aliphatic rings. The molecule has 0 nitrogen and oxygen atoms in total. The Bertz CT molecular complexity index is 1240. The summed E-state index contributed by atoms with van der Waals surface area (Å²) < 4.78 is 44.7. The van der Waals surface area contributed by atoms with E-state index in [1.807, 2.05) is 30.3 Å². The molecule has 0 fully saturated rings. The molecule has 0 aliphatic heterocycles. The van der Waals surface area contributed by atoms with Gasteiger partial charge in [0.2, 0.25) is 0 Å². The molecule has 0 amide bonds. The highest BCUT2D eigenvalue weighted by Gasteiger charge is 2.17. The van der Waals surface area contributed by atoms with Gasteiger partial charge in [-0.2, -0.15) is 0 Å². The molecule has 0 N–H and O–H groups in total. The number of hydrogen-bond donors (Lipinski definition) is 0. The third kappa shape index (κ3) is 6.63. The van der Waals surface area contributed by atoms with E-state index in [0.29, 0.717) is 29.0 Å². The fourth-order valence-electron chi connectivity index (χ4n) is 5.21. The Labute approximate surface area is 219 Å². The first kappa shape index (κ1) is 27.0. The van der Waals surface area contributed by atoms with Crippen molar-refractivity contribution in [3.8, 4) is 22.3 Å². The lowest BCUT2D eigenvalue weighted by molar-refractivity contribution is 0.497. The lowest BCUT2D eigenvalue weighted by Crippen LogP contribution is -2.03. The summed E-state index contributed by atoms with van der Waals surface area (Å²) in [5.74, 6) is -1.31. The van der Waals surface area contributed by atoms with E-state index in [0.717, 1.165) is 55.2 Å². The van der Waals surface area contributed by atoms with Crippen LogP contribution < -0.4 is 0 Å². The molecule has 4 rings (SSSR count). The summed E-state index contributed by atoms with van der Waals surface area (Å²) in [5.41, 5.74) is 4.59. The number of unbranched alkanes of at least 4 members (excludes halogenated alkanes) is 5. The highest BCUT2D eigenvalue weighted by molar-refractivity contribution is 5.74. The van der Waals surface area contributed by atoms with Crippen molar-refractivity contribution in [1.82, 2.24) is 0 Å². The average Bonchev–Trinajstić information content (AvgIpc) is 2.93. The summed E-state index contributed by atoms with van der Waals surface area (Å²) in [5, 5.41) is 0. The normalized spacial score (nSPS) is 15.5. The zero-order valence-electron chi connectivity index (χ0n) is 21.8. The van der Waals surface area contributed by atoms with Crippen molar-refractivity contribution in [3.63, 3.8) is 0 Å². The zero-order valence-corrected chi connectivity index (χ0v) is 21.8. The van der Waals surface area contributed by atoms with Crippen LogP contribution in [0.3, 0.4) is 0 Å². The summed E-state index contributed by atoms with van der Waals surface area (Å²) in [4.78, 5) is 0. The van der Waals surface area contributed by atoms with Gasteiger partial charge in [-0.15, -0.1) is 6.58 Å². The predicted octanol–water partition coefficient (Wildman–Crippen LogP) is 10.7. The van der Waals surface area contributed by atoms with Crippen molar-refractivity contribution in [2.45, 2.75) is 71.1 Å². The Morgan fingerprint density at radius 1 is 0.784 bits per heavy atom. The smallest absolute Gasteiger partial charge is 0.166 e. The van der Waals surface area contributed by atoms with E-state index in [1.54, 1.807) is 30.3 Å². The van der Waals surface area contributed by atoms with Gasteiger partial charge in [0.05, 0.1) is 0 Å². The first-order valence-electron chi connectivity index (χ1n) is 13.7. The van der Waals surface area contributed by atoms with Crippen LogP contribution in [0.1, 0.15) is 75.8 Å². The fourth-order valence-corrected chi connectivity index (χ4v) is 5.21. The summed E-state index contributed by atoms with van der Waals surface area (Å²) in [6, 6.07) is 15.9. The molecule has 1 atom stereocenters. The van der Waals surface area contributed by atoms with Crippen LogP contribution in [0.2, 0.25) is 0 Å². The highest BCUT2D eigenvalue weighted by atomic mass is 19.2. The topological polar surface area (TPSA) is 0 Å². The van der Waals surface area contributed by atoms with Crippen molar-refractivity contribution in [1.29, 1.82) is 0 Å². The van der Waals surface area contributed by atoms with Gasteiger partial charge < -0.3 is 0 Å². The van der Waals surface area contributed by atoms with Crippen molar-refractivity contribution in [2.24, 2.45) is 5.92 Å². The molecule has 1 aliphatic carbocycles. The van der Waals surface area contributed by atoms with Gasteiger partial charge in [-0.1, -0.05) is 99.7 Å². The molecule has 0 radical (unpaired) electrons. The fraction of sp³-hybridized carbons (Fsp3) is 0.353. The van der Waals surface area contributed by atoms with Gasteiger partial charge in [-0.3, -0.25) is 0 Å². The molecule has 3 aromatic rings. The lowest BCUT2D eigenvalue weighted by atomic mass is 9.86. The van der Waals surface area contributed by atoms with Gasteiger partial charge in [0.1, 0.15) is 5.82 Å². The van der Waals surface area contributed by atoms with Crippen LogP contribution in [0.4, 0.5) is 13.2 Å². The molecular weight excluding hydrogens is 465 g/mol. The summed E-state index contributed by atoms with van der Waals surface area (Å²) in [6.45, 7) is 6.04. The number of allylic oxidation sites excluding steroid dienone is 3. The van der Waals surface area contributed by atoms with E-state index < -0.39 is 11.6 Å². The monoisotopic (exact) mass is 502 g/mol. The minimum absolute atomic E-state index is 0.237. The van der Waals surface area contributed by atoms with Crippen LogP contribution in [0, 0.1) is 23.4 Å². The van der Waals surface area contributed by atoms with E-state index >= 15 is 0 Å². The van der Waals surface area contributed by atoms with Gasteiger partial charge in [0, 0.05) is 11.1 Å². The molecule has 0 aromatic heterocycles. The first-order valence-corrected chi connectivity index (χ1v) is 13.7. The Hall–Kier alpha value is -3.07. The van der Waals surface area contributed by atoms with Gasteiger partial charge in [0.25, 0.3) is 0 Å². The second-order valence-corrected chi connectivity index (χ2v) is 10.2. The number of hydrogen-bond acceptors (Lipinski definition) is 0. The number of halogens is 3. The predicted molar refractivity (Wildman–Crippen MR) is 150 cm³/mol. The van der Waals surface area contributed by atoms with E-state index in [-0.39, 0.29) is 11.4 Å². The molecule has 3 heteroatoms. The molecule has 0 bridgehead atoms. The number of benzene rings is 3. The Balaban J connectivity index is 1.44. The second-order valence-electron chi connectivity index (χ2n) is 10.2. The third-order valence-corrected chi connectivity index (χ3v) is 7.59. The van der Waals surface area contributed by atoms with Crippen molar-refractivity contribution in [2.75, 3.05) is 0 Å². The molecule has 194 valence electrons. The van der Waals surface area contributed by atoms with Gasteiger partial charge in [-0.25, -0.2) is 13.2 Å².